The van der Waals surface area contributed by atoms with Crippen molar-refractivity contribution < 1.29 is 4.79 Å². The van der Waals surface area contributed by atoms with Crippen LogP contribution in [0.1, 0.15) is 35.9 Å². The molecule has 0 bridgehead atoms. The van der Waals surface area contributed by atoms with Crippen molar-refractivity contribution in [2.24, 2.45) is 7.05 Å². The van der Waals surface area contributed by atoms with Crippen LogP contribution in [0.5, 0.6) is 0 Å². The molecule has 5 heteroatoms. The molecule has 1 N–H and O–H groups in total. The molecule has 0 fully saturated rings. The van der Waals surface area contributed by atoms with Crippen LogP contribution in [0.2, 0.25) is 0 Å². The lowest BCUT2D eigenvalue weighted by atomic mass is 10.1. The smallest absolute Gasteiger partial charge is 0.277 e. The average molecular weight is 244 g/mol. The Morgan fingerprint density at radius 1 is 1.39 bits per heavy atom. The third-order valence-corrected chi connectivity index (χ3v) is 2.65. The van der Waals surface area contributed by atoms with Gasteiger partial charge in [-0.15, -0.1) is 0 Å². The number of carbonyl (C=O) groups excluding carboxylic acids is 1. The summed E-state index contributed by atoms with van der Waals surface area (Å²) in [6.45, 7) is 4.13. The minimum Gasteiger partial charge on any atom is -0.305 e. The summed E-state index contributed by atoms with van der Waals surface area (Å²) < 4.78 is 1.73. The highest BCUT2D eigenvalue weighted by molar-refractivity contribution is 6.02. The van der Waals surface area contributed by atoms with Crippen LogP contribution in [0.4, 0.5) is 5.82 Å². The van der Waals surface area contributed by atoms with E-state index in [1.165, 1.54) is 0 Å². The maximum atomic E-state index is 12.0. The fraction of sp³-hybridized carbons (Fsp3) is 0.308. The Kier molecular flexibility index (Phi) is 3.41. The fourth-order valence-corrected chi connectivity index (χ4v) is 1.75. The van der Waals surface area contributed by atoms with Crippen LogP contribution in [-0.4, -0.2) is 20.7 Å². The SMILES string of the molecule is CC(C)c1cc(C(=O)Nc2ccccn2)nn1C. The van der Waals surface area contributed by atoms with Crippen molar-refractivity contribution in [3.05, 3.63) is 41.9 Å². The van der Waals surface area contributed by atoms with Gasteiger partial charge in [-0.1, -0.05) is 19.9 Å². The van der Waals surface area contributed by atoms with Gasteiger partial charge in [0.05, 0.1) is 0 Å². The quantitative estimate of drug-likeness (QED) is 0.900. The lowest BCUT2D eigenvalue weighted by molar-refractivity contribution is 0.102. The topological polar surface area (TPSA) is 59.8 Å². The second kappa shape index (κ2) is 5.00. The molecule has 0 aromatic carbocycles. The number of nitrogens with one attached hydrogen (secondary N) is 1. The van der Waals surface area contributed by atoms with Crippen molar-refractivity contribution in [2.75, 3.05) is 5.32 Å². The van der Waals surface area contributed by atoms with E-state index in [1.807, 2.05) is 19.2 Å². The Morgan fingerprint density at radius 2 is 2.17 bits per heavy atom. The number of aryl methyl sites for hydroxylation is 1. The minimum absolute atomic E-state index is 0.240. The van der Waals surface area contributed by atoms with Crippen molar-refractivity contribution in [2.45, 2.75) is 19.8 Å². The van der Waals surface area contributed by atoms with Crippen LogP contribution in [0.3, 0.4) is 0 Å². The number of rotatable bonds is 3. The molecule has 0 atom stereocenters. The Balaban J connectivity index is 2.17. The number of anilines is 1. The van der Waals surface area contributed by atoms with E-state index in [9.17, 15) is 4.79 Å². The molecule has 2 aromatic heterocycles. The van der Waals surface area contributed by atoms with Gasteiger partial charge in [0.2, 0.25) is 0 Å². The van der Waals surface area contributed by atoms with E-state index < -0.39 is 0 Å². The highest BCUT2D eigenvalue weighted by Gasteiger charge is 2.14. The molecule has 5 nitrogen and oxygen atoms in total. The standard InChI is InChI=1S/C13H16N4O/c1-9(2)11-8-10(16-17(11)3)13(18)15-12-6-4-5-7-14-12/h4-9H,1-3H3,(H,14,15,18). The van der Waals surface area contributed by atoms with Crippen LogP contribution in [0, 0.1) is 0 Å². The Hall–Kier alpha value is -2.17. The summed E-state index contributed by atoms with van der Waals surface area (Å²) in [5.41, 5.74) is 1.44. The first kappa shape index (κ1) is 12.3. The van der Waals surface area contributed by atoms with Crippen molar-refractivity contribution >= 4 is 11.7 Å². The summed E-state index contributed by atoms with van der Waals surface area (Å²) >= 11 is 0. The van der Waals surface area contributed by atoms with Crippen LogP contribution in [0.25, 0.3) is 0 Å². The zero-order chi connectivity index (χ0) is 13.1. The number of amides is 1. The van der Waals surface area contributed by atoms with E-state index in [0.29, 0.717) is 17.4 Å². The van der Waals surface area contributed by atoms with Crippen LogP contribution < -0.4 is 5.32 Å². The lowest BCUT2D eigenvalue weighted by Crippen LogP contribution is -2.13. The first-order valence-corrected chi connectivity index (χ1v) is 5.84. The molecule has 1 amide bonds. The minimum atomic E-state index is -0.240. The molecule has 2 aromatic rings. The maximum absolute atomic E-state index is 12.0. The van der Waals surface area contributed by atoms with Gasteiger partial charge in [0.1, 0.15) is 5.82 Å². The molecule has 0 spiro atoms. The predicted octanol–water partition coefficient (Wildman–Crippen LogP) is 2.19. The second-order valence-electron chi connectivity index (χ2n) is 4.40. The van der Waals surface area contributed by atoms with Crippen LogP contribution >= 0.6 is 0 Å². The van der Waals surface area contributed by atoms with E-state index in [-0.39, 0.29) is 5.91 Å². The largest absolute Gasteiger partial charge is 0.305 e. The number of aromatic nitrogens is 3. The molecule has 0 saturated heterocycles. The zero-order valence-electron chi connectivity index (χ0n) is 10.7. The number of nitrogens with zero attached hydrogens (tertiary/aromatic N) is 3. The predicted molar refractivity (Wildman–Crippen MR) is 69.5 cm³/mol. The average Bonchev–Trinajstić information content (AvgIpc) is 2.73. The Labute approximate surface area is 106 Å². The third-order valence-electron chi connectivity index (χ3n) is 2.65. The molecule has 2 heterocycles. The van der Waals surface area contributed by atoms with Gasteiger partial charge in [0.15, 0.2) is 5.69 Å². The van der Waals surface area contributed by atoms with Gasteiger partial charge in [-0.2, -0.15) is 5.10 Å². The molecule has 2 rings (SSSR count). The second-order valence-corrected chi connectivity index (χ2v) is 4.40. The van der Waals surface area contributed by atoms with Gasteiger partial charge in [0.25, 0.3) is 5.91 Å². The molecular weight excluding hydrogens is 228 g/mol. The van der Waals surface area contributed by atoms with Crippen molar-refractivity contribution in [1.82, 2.24) is 14.8 Å². The van der Waals surface area contributed by atoms with Gasteiger partial charge in [0, 0.05) is 18.9 Å². The first-order valence-electron chi connectivity index (χ1n) is 5.84. The van der Waals surface area contributed by atoms with E-state index >= 15 is 0 Å². The van der Waals surface area contributed by atoms with Crippen molar-refractivity contribution in [3.8, 4) is 0 Å². The summed E-state index contributed by atoms with van der Waals surface area (Å²) in [6, 6.07) is 7.17. The number of pyridine rings is 1. The Bertz CT molecular complexity index is 545. The van der Waals surface area contributed by atoms with E-state index in [0.717, 1.165) is 5.69 Å². The summed E-state index contributed by atoms with van der Waals surface area (Å²) in [6.07, 6.45) is 1.63. The molecule has 0 unspecified atom stereocenters. The normalized spacial score (nSPS) is 10.7. The van der Waals surface area contributed by atoms with Crippen LogP contribution in [-0.2, 0) is 7.05 Å². The van der Waals surface area contributed by atoms with Crippen LogP contribution in [0.15, 0.2) is 30.5 Å². The molecule has 0 radical (unpaired) electrons. The van der Waals surface area contributed by atoms with Crippen molar-refractivity contribution in [1.29, 1.82) is 0 Å². The van der Waals surface area contributed by atoms with Gasteiger partial charge in [-0.25, -0.2) is 4.98 Å². The fourth-order valence-electron chi connectivity index (χ4n) is 1.75. The number of hydrogen-bond donors (Lipinski definition) is 1. The van der Waals surface area contributed by atoms with Gasteiger partial charge < -0.3 is 5.32 Å². The maximum Gasteiger partial charge on any atom is 0.277 e. The van der Waals surface area contributed by atoms with E-state index in [2.05, 4.69) is 29.2 Å². The van der Waals surface area contributed by atoms with E-state index in [4.69, 9.17) is 0 Å². The molecule has 0 saturated carbocycles. The number of hydrogen-bond acceptors (Lipinski definition) is 3. The molecular formula is C13H16N4O. The zero-order valence-corrected chi connectivity index (χ0v) is 10.7. The monoisotopic (exact) mass is 244 g/mol. The first-order chi connectivity index (χ1) is 8.58. The summed E-state index contributed by atoms with van der Waals surface area (Å²) in [7, 11) is 1.84. The lowest BCUT2D eigenvalue weighted by Gasteiger charge is -2.02. The number of carbonyl (C=O) groups is 1. The van der Waals surface area contributed by atoms with E-state index in [1.54, 1.807) is 23.0 Å². The molecule has 0 aliphatic heterocycles. The highest BCUT2D eigenvalue weighted by atomic mass is 16.2. The van der Waals surface area contributed by atoms with Crippen molar-refractivity contribution in [3.63, 3.8) is 0 Å². The molecule has 0 aliphatic rings. The Morgan fingerprint density at radius 3 is 2.72 bits per heavy atom. The molecule has 94 valence electrons. The van der Waals surface area contributed by atoms with Gasteiger partial charge in [-0.3, -0.25) is 9.48 Å². The van der Waals surface area contributed by atoms with Gasteiger partial charge >= 0.3 is 0 Å². The molecule has 0 aliphatic carbocycles. The highest BCUT2D eigenvalue weighted by Crippen LogP contribution is 2.15. The summed E-state index contributed by atoms with van der Waals surface area (Å²) in [5, 5.41) is 6.92. The third kappa shape index (κ3) is 2.56. The van der Waals surface area contributed by atoms with Gasteiger partial charge in [-0.05, 0) is 24.1 Å². The molecule has 18 heavy (non-hydrogen) atoms. The summed E-state index contributed by atoms with van der Waals surface area (Å²) in [4.78, 5) is 16.0. The summed E-state index contributed by atoms with van der Waals surface area (Å²) in [5.74, 6) is 0.620.